The van der Waals surface area contributed by atoms with Crippen LogP contribution in [0.2, 0.25) is 0 Å². The van der Waals surface area contributed by atoms with Gasteiger partial charge in [0.25, 0.3) is 0 Å². The van der Waals surface area contributed by atoms with Crippen molar-refractivity contribution in [2.75, 3.05) is 7.11 Å². The normalized spacial score (nSPS) is 13.5. The molecule has 2 N–H and O–H groups in total. The van der Waals surface area contributed by atoms with Crippen molar-refractivity contribution < 1.29 is 22.7 Å². The molecule has 0 aliphatic heterocycles. The third-order valence-electron chi connectivity index (χ3n) is 2.63. The van der Waals surface area contributed by atoms with Crippen molar-refractivity contribution in [1.82, 2.24) is 0 Å². The molecule has 2 rings (SSSR count). The second kappa shape index (κ2) is 4.82. The Morgan fingerprint density at radius 1 is 1.42 bits per heavy atom. The Morgan fingerprint density at radius 2 is 2.11 bits per heavy atom. The van der Waals surface area contributed by atoms with E-state index in [4.69, 9.17) is 5.73 Å². The van der Waals surface area contributed by atoms with Crippen LogP contribution in [0.15, 0.2) is 24.3 Å². The largest absolute Gasteiger partial charge is 0.468 e. The molecule has 1 aromatic heterocycles. The molecule has 2 aromatic rings. The topological polar surface area (TPSA) is 52.3 Å². The number of esters is 1. The zero-order valence-electron chi connectivity index (χ0n) is 9.82. The van der Waals surface area contributed by atoms with E-state index in [-0.39, 0.29) is 4.70 Å². The summed E-state index contributed by atoms with van der Waals surface area (Å²) in [6, 6.07) is 4.30. The van der Waals surface area contributed by atoms with E-state index >= 15 is 0 Å². The summed E-state index contributed by atoms with van der Waals surface area (Å²) in [5, 5.41) is 0.411. The van der Waals surface area contributed by atoms with E-state index in [9.17, 15) is 18.0 Å². The monoisotopic (exact) mass is 289 g/mol. The first-order chi connectivity index (χ1) is 8.84. The zero-order valence-corrected chi connectivity index (χ0v) is 10.6. The number of thiophene rings is 1. The predicted molar refractivity (Wildman–Crippen MR) is 65.8 cm³/mol. The first kappa shape index (κ1) is 13.8. The van der Waals surface area contributed by atoms with Gasteiger partial charge in [0.2, 0.25) is 0 Å². The van der Waals surface area contributed by atoms with Crippen LogP contribution < -0.4 is 5.73 Å². The maximum Gasteiger partial charge on any atom is 0.417 e. The summed E-state index contributed by atoms with van der Waals surface area (Å²) in [6.45, 7) is 0. The first-order valence-electron chi connectivity index (χ1n) is 5.27. The molecule has 19 heavy (non-hydrogen) atoms. The maximum atomic E-state index is 12.8. The lowest BCUT2D eigenvalue weighted by molar-refractivity contribution is -0.142. The van der Waals surface area contributed by atoms with Crippen molar-refractivity contribution in [3.8, 4) is 0 Å². The summed E-state index contributed by atoms with van der Waals surface area (Å²) in [5.74, 6) is -0.680. The molecule has 0 spiro atoms. The van der Waals surface area contributed by atoms with Crippen LogP contribution in [0.3, 0.4) is 0 Å². The Balaban J connectivity index is 2.55. The molecule has 0 fully saturated rings. The fourth-order valence-electron chi connectivity index (χ4n) is 1.70. The van der Waals surface area contributed by atoms with Gasteiger partial charge in [-0.1, -0.05) is 12.1 Å². The highest BCUT2D eigenvalue weighted by Gasteiger charge is 2.33. The highest BCUT2D eigenvalue weighted by Crippen LogP contribution is 2.39. The maximum absolute atomic E-state index is 12.8. The van der Waals surface area contributed by atoms with E-state index in [1.807, 2.05) is 0 Å². The molecular formula is C12H10F3NO2S. The van der Waals surface area contributed by atoms with Crippen LogP contribution in [-0.2, 0) is 15.7 Å². The fraction of sp³-hybridized carbons (Fsp3) is 0.250. The average molecular weight is 289 g/mol. The Morgan fingerprint density at radius 3 is 2.68 bits per heavy atom. The molecule has 3 nitrogen and oxygen atoms in total. The smallest absolute Gasteiger partial charge is 0.417 e. The van der Waals surface area contributed by atoms with Crippen molar-refractivity contribution in [2.24, 2.45) is 5.73 Å². The summed E-state index contributed by atoms with van der Waals surface area (Å²) in [5.41, 5.74) is 4.90. The summed E-state index contributed by atoms with van der Waals surface area (Å²) < 4.78 is 43.1. The number of fused-ring (bicyclic) bond motifs is 1. The van der Waals surface area contributed by atoms with E-state index in [1.54, 1.807) is 6.07 Å². The van der Waals surface area contributed by atoms with Crippen LogP contribution in [0.25, 0.3) is 10.1 Å². The van der Waals surface area contributed by atoms with Gasteiger partial charge in [-0.25, -0.2) is 4.79 Å². The number of methoxy groups -OCH3 is 1. The van der Waals surface area contributed by atoms with Crippen molar-refractivity contribution >= 4 is 27.4 Å². The molecule has 102 valence electrons. The molecule has 0 amide bonds. The van der Waals surface area contributed by atoms with Gasteiger partial charge in [-0.15, -0.1) is 11.3 Å². The minimum Gasteiger partial charge on any atom is -0.468 e. The van der Waals surface area contributed by atoms with Gasteiger partial charge in [-0.3, -0.25) is 0 Å². The van der Waals surface area contributed by atoms with Gasteiger partial charge in [0.1, 0.15) is 6.04 Å². The van der Waals surface area contributed by atoms with Crippen LogP contribution in [0, 0.1) is 0 Å². The number of hydrogen-bond donors (Lipinski definition) is 1. The van der Waals surface area contributed by atoms with E-state index in [0.29, 0.717) is 10.3 Å². The number of nitrogens with two attached hydrogens (primary N) is 1. The number of carbonyl (C=O) groups excluding carboxylic acids is 1. The van der Waals surface area contributed by atoms with Crippen molar-refractivity contribution in [2.45, 2.75) is 12.2 Å². The van der Waals surface area contributed by atoms with Gasteiger partial charge >= 0.3 is 12.1 Å². The van der Waals surface area contributed by atoms with Gasteiger partial charge in [0.15, 0.2) is 0 Å². The van der Waals surface area contributed by atoms with Gasteiger partial charge < -0.3 is 10.5 Å². The van der Waals surface area contributed by atoms with E-state index in [2.05, 4.69) is 4.74 Å². The fourth-order valence-corrected chi connectivity index (χ4v) is 2.89. The van der Waals surface area contributed by atoms with E-state index < -0.39 is 23.8 Å². The average Bonchev–Trinajstić information content (AvgIpc) is 2.78. The Kier molecular flexibility index (Phi) is 3.51. The quantitative estimate of drug-likeness (QED) is 0.864. The van der Waals surface area contributed by atoms with Crippen molar-refractivity contribution in [1.29, 1.82) is 0 Å². The van der Waals surface area contributed by atoms with Gasteiger partial charge in [0, 0.05) is 9.58 Å². The second-order valence-electron chi connectivity index (χ2n) is 3.87. The van der Waals surface area contributed by atoms with Gasteiger partial charge in [-0.05, 0) is 17.5 Å². The minimum absolute atomic E-state index is 0.0735. The molecular weight excluding hydrogens is 279 g/mol. The predicted octanol–water partition coefficient (Wildman–Crippen LogP) is 3.09. The van der Waals surface area contributed by atoms with Gasteiger partial charge in [0.05, 0.1) is 12.7 Å². The van der Waals surface area contributed by atoms with E-state index in [0.717, 1.165) is 17.4 Å². The van der Waals surface area contributed by atoms with Crippen LogP contribution in [-0.4, -0.2) is 13.1 Å². The molecule has 0 radical (unpaired) electrons. The lowest BCUT2D eigenvalue weighted by atomic mass is 10.1. The highest BCUT2D eigenvalue weighted by molar-refractivity contribution is 7.19. The Bertz CT molecular complexity index is 621. The molecule has 0 bridgehead atoms. The first-order valence-corrected chi connectivity index (χ1v) is 6.09. The number of hydrogen-bond acceptors (Lipinski definition) is 4. The number of rotatable bonds is 2. The van der Waals surface area contributed by atoms with Crippen LogP contribution in [0.5, 0.6) is 0 Å². The molecule has 7 heteroatoms. The Hall–Kier alpha value is -1.60. The zero-order chi connectivity index (χ0) is 14.2. The van der Waals surface area contributed by atoms with Crippen molar-refractivity contribution in [3.05, 3.63) is 34.7 Å². The molecule has 1 unspecified atom stereocenters. The number of ether oxygens (including phenoxy) is 1. The van der Waals surface area contributed by atoms with Crippen LogP contribution in [0.1, 0.15) is 16.5 Å². The standard InChI is InChI=1S/C12H10F3NO2S/c1-18-11(17)9(16)8-5-6-3-2-4-7(10(6)19-8)12(13,14)15/h2-5,9H,16H2,1H3. The van der Waals surface area contributed by atoms with Crippen LogP contribution >= 0.6 is 11.3 Å². The molecule has 0 aliphatic carbocycles. The van der Waals surface area contributed by atoms with Crippen molar-refractivity contribution in [3.63, 3.8) is 0 Å². The third kappa shape index (κ3) is 2.57. The lowest BCUT2D eigenvalue weighted by Crippen LogP contribution is -2.21. The number of carbonyl (C=O) groups is 1. The summed E-state index contributed by atoms with van der Waals surface area (Å²) in [4.78, 5) is 11.7. The summed E-state index contributed by atoms with van der Waals surface area (Å²) in [7, 11) is 1.18. The Labute approximate surface area is 110 Å². The van der Waals surface area contributed by atoms with E-state index in [1.165, 1.54) is 19.2 Å². The van der Waals surface area contributed by atoms with Crippen LogP contribution in [0.4, 0.5) is 13.2 Å². The summed E-state index contributed by atoms with van der Waals surface area (Å²) >= 11 is 0.857. The molecule has 0 saturated heterocycles. The molecule has 1 atom stereocenters. The third-order valence-corrected chi connectivity index (χ3v) is 3.90. The number of halogens is 3. The number of alkyl halides is 3. The SMILES string of the molecule is COC(=O)C(N)c1cc2cccc(C(F)(F)F)c2s1. The molecule has 0 aliphatic rings. The second-order valence-corrected chi connectivity index (χ2v) is 4.96. The molecule has 1 aromatic carbocycles. The molecule has 0 saturated carbocycles. The number of benzene rings is 1. The van der Waals surface area contributed by atoms with Gasteiger partial charge in [-0.2, -0.15) is 13.2 Å². The lowest BCUT2D eigenvalue weighted by Gasteiger charge is -2.07. The highest BCUT2D eigenvalue weighted by atomic mass is 32.1. The molecule has 1 heterocycles. The minimum atomic E-state index is -4.43. The summed E-state index contributed by atoms with van der Waals surface area (Å²) in [6.07, 6.45) is -4.43.